The van der Waals surface area contributed by atoms with Crippen molar-refractivity contribution < 1.29 is 19.4 Å². The molecule has 0 spiro atoms. The van der Waals surface area contributed by atoms with Gasteiger partial charge in [-0.25, -0.2) is 4.79 Å². The van der Waals surface area contributed by atoms with Crippen LogP contribution in [0.2, 0.25) is 0 Å². The Morgan fingerprint density at radius 1 is 1.19 bits per heavy atom. The van der Waals surface area contributed by atoms with Crippen LogP contribution in [0.25, 0.3) is 6.08 Å². The Bertz CT molecular complexity index is 632. The largest absolute Gasteiger partial charge is 0.508 e. The van der Waals surface area contributed by atoms with Gasteiger partial charge in [-0.1, -0.05) is 30.3 Å². The summed E-state index contributed by atoms with van der Waals surface area (Å²) in [4.78, 5) is 11.1. The SMILES string of the molecule is COC(=O)C=Cc1ccc(O)cc1OCc1ccccc1. The van der Waals surface area contributed by atoms with E-state index in [0.29, 0.717) is 17.9 Å². The molecule has 0 saturated heterocycles. The van der Waals surface area contributed by atoms with Gasteiger partial charge in [0.1, 0.15) is 18.1 Å². The van der Waals surface area contributed by atoms with E-state index in [1.54, 1.807) is 12.1 Å². The molecule has 0 aromatic heterocycles. The maximum Gasteiger partial charge on any atom is 0.330 e. The Balaban J connectivity index is 2.15. The molecule has 0 heterocycles. The topological polar surface area (TPSA) is 55.8 Å². The van der Waals surface area contributed by atoms with Crippen LogP contribution in [0.1, 0.15) is 11.1 Å². The van der Waals surface area contributed by atoms with E-state index in [9.17, 15) is 9.90 Å². The Labute approximate surface area is 123 Å². The Morgan fingerprint density at radius 3 is 2.67 bits per heavy atom. The lowest BCUT2D eigenvalue weighted by atomic mass is 10.1. The van der Waals surface area contributed by atoms with Crippen LogP contribution in [0.5, 0.6) is 11.5 Å². The van der Waals surface area contributed by atoms with Crippen LogP contribution in [-0.2, 0) is 16.1 Å². The maximum absolute atomic E-state index is 11.1. The third-order valence-electron chi connectivity index (χ3n) is 2.83. The van der Waals surface area contributed by atoms with Crippen molar-refractivity contribution in [2.75, 3.05) is 7.11 Å². The van der Waals surface area contributed by atoms with Crippen LogP contribution >= 0.6 is 0 Å². The van der Waals surface area contributed by atoms with Crippen molar-refractivity contribution in [3.05, 3.63) is 65.7 Å². The summed E-state index contributed by atoms with van der Waals surface area (Å²) in [5, 5.41) is 9.56. The number of carbonyl (C=O) groups is 1. The molecule has 0 aliphatic carbocycles. The van der Waals surface area contributed by atoms with Crippen LogP contribution in [0, 0.1) is 0 Å². The monoisotopic (exact) mass is 284 g/mol. The predicted octanol–water partition coefficient (Wildman–Crippen LogP) is 3.16. The zero-order chi connectivity index (χ0) is 15.1. The molecule has 4 heteroatoms. The first-order valence-electron chi connectivity index (χ1n) is 6.45. The van der Waals surface area contributed by atoms with Gasteiger partial charge in [-0.05, 0) is 23.8 Å². The second-order valence-corrected chi connectivity index (χ2v) is 4.35. The molecule has 21 heavy (non-hydrogen) atoms. The van der Waals surface area contributed by atoms with Gasteiger partial charge in [-0.15, -0.1) is 0 Å². The van der Waals surface area contributed by atoms with Crippen molar-refractivity contribution in [3.63, 3.8) is 0 Å². The van der Waals surface area contributed by atoms with Gasteiger partial charge in [0.05, 0.1) is 7.11 Å². The minimum Gasteiger partial charge on any atom is -0.508 e. The minimum absolute atomic E-state index is 0.105. The average Bonchev–Trinajstić information content (AvgIpc) is 2.52. The fraction of sp³-hybridized carbons (Fsp3) is 0.118. The van der Waals surface area contributed by atoms with E-state index in [4.69, 9.17) is 4.74 Å². The highest BCUT2D eigenvalue weighted by Gasteiger charge is 2.04. The number of hydrogen-bond donors (Lipinski definition) is 1. The van der Waals surface area contributed by atoms with Gasteiger partial charge in [0, 0.05) is 17.7 Å². The molecule has 1 N–H and O–H groups in total. The molecule has 0 fully saturated rings. The number of benzene rings is 2. The van der Waals surface area contributed by atoms with Crippen LogP contribution < -0.4 is 4.74 Å². The summed E-state index contributed by atoms with van der Waals surface area (Å²) in [6.07, 6.45) is 2.90. The molecular formula is C17H16O4. The summed E-state index contributed by atoms with van der Waals surface area (Å²) < 4.78 is 10.3. The first kappa shape index (κ1) is 14.7. The number of rotatable bonds is 5. The van der Waals surface area contributed by atoms with E-state index in [2.05, 4.69) is 4.74 Å². The molecule has 108 valence electrons. The third kappa shape index (κ3) is 4.38. The highest BCUT2D eigenvalue weighted by molar-refractivity contribution is 5.87. The van der Waals surface area contributed by atoms with Gasteiger partial charge in [0.2, 0.25) is 0 Å². The van der Waals surface area contributed by atoms with Crippen molar-refractivity contribution in [2.24, 2.45) is 0 Å². The normalized spacial score (nSPS) is 10.5. The van der Waals surface area contributed by atoms with E-state index in [1.165, 1.54) is 25.3 Å². The Hall–Kier alpha value is -2.75. The van der Waals surface area contributed by atoms with E-state index in [1.807, 2.05) is 30.3 Å². The highest BCUT2D eigenvalue weighted by atomic mass is 16.5. The summed E-state index contributed by atoms with van der Waals surface area (Å²) in [5.41, 5.74) is 1.71. The zero-order valence-electron chi connectivity index (χ0n) is 11.7. The van der Waals surface area contributed by atoms with Gasteiger partial charge in [-0.3, -0.25) is 0 Å². The van der Waals surface area contributed by atoms with E-state index >= 15 is 0 Å². The van der Waals surface area contributed by atoms with Crippen molar-refractivity contribution >= 4 is 12.0 Å². The summed E-state index contributed by atoms with van der Waals surface area (Å²) in [6, 6.07) is 14.4. The molecule has 0 saturated carbocycles. The van der Waals surface area contributed by atoms with Crippen LogP contribution in [0.4, 0.5) is 0 Å². The number of esters is 1. The second kappa shape index (κ2) is 7.14. The maximum atomic E-state index is 11.1. The predicted molar refractivity (Wildman–Crippen MR) is 79.9 cm³/mol. The molecule has 0 radical (unpaired) electrons. The quantitative estimate of drug-likeness (QED) is 0.677. The van der Waals surface area contributed by atoms with Gasteiger partial charge >= 0.3 is 5.97 Å². The lowest BCUT2D eigenvalue weighted by Crippen LogP contribution is -1.97. The van der Waals surface area contributed by atoms with E-state index < -0.39 is 5.97 Å². The second-order valence-electron chi connectivity index (χ2n) is 4.35. The first-order chi connectivity index (χ1) is 10.2. The van der Waals surface area contributed by atoms with Crippen molar-refractivity contribution in [1.29, 1.82) is 0 Å². The third-order valence-corrected chi connectivity index (χ3v) is 2.83. The molecule has 2 aromatic carbocycles. The van der Waals surface area contributed by atoms with Gasteiger partial charge in [0.15, 0.2) is 0 Å². The Kier molecular flexibility index (Phi) is 4.99. The van der Waals surface area contributed by atoms with E-state index in [-0.39, 0.29) is 5.75 Å². The molecule has 0 bridgehead atoms. The fourth-order valence-corrected chi connectivity index (χ4v) is 1.75. The van der Waals surface area contributed by atoms with Crippen molar-refractivity contribution in [1.82, 2.24) is 0 Å². The Morgan fingerprint density at radius 2 is 1.95 bits per heavy atom. The van der Waals surface area contributed by atoms with Gasteiger partial charge < -0.3 is 14.6 Å². The lowest BCUT2D eigenvalue weighted by Gasteiger charge is -2.10. The lowest BCUT2D eigenvalue weighted by molar-refractivity contribution is -0.134. The molecule has 0 amide bonds. The zero-order valence-corrected chi connectivity index (χ0v) is 11.7. The molecule has 0 aliphatic heterocycles. The number of methoxy groups -OCH3 is 1. The van der Waals surface area contributed by atoms with Gasteiger partial charge in [0.25, 0.3) is 0 Å². The molecule has 0 atom stereocenters. The molecule has 2 rings (SSSR count). The molecular weight excluding hydrogens is 268 g/mol. The standard InChI is InChI=1S/C17H16O4/c1-20-17(19)10-8-14-7-9-15(18)11-16(14)21-12-13-5-3-2-4-6-13/h2-11,18H,12H2,1H3. The molecule has 2 aromatic rings. The fourth-order valence-electron chi connectivity index (χ4n) is 1.75. The number of phenols is 1. The number of carbonyl (C=O) groups excluding carboxylic acids is 1. The van der Waals surface area contributed by atoms with Crippen LogP contribution in [0.3, 0.4) is 0 Å². The smallest absolute Gasteiger partial charge is 0.330 e. The summed E-state index contributed by atoms with van der Waals surface area (Å²) in [7, 11) is 1.32. The van der Waals surface area contributed by atoms with Crippen molar-refractivity contribution in [3.8, 4) is 11.5 Å². The molecule has 4 nitrogen and oxygen atoms in total. The number of phenolic OH excluding ortho intramolecular Hbond substituents is 1. The average molecular weight is 284 g/mol. The van der Waals surface area contributed by atoms with Crippen molar-refractivity contribution in [2.45, 2.75) is 6.61 Å². The number of hydrogen-bond acceptors (Lipinski definition) is 4. The minimum atomic E-state index is -0.447. The first-order valence-corrected chi connectivity index (χ1v) is 6.45. The molecule has 0 aliphatic rings. The van der Waals surface area contributed by atoms with Crippen LogP contribution in [0.15, 0.2) is 54.6 Å². The van der Waals surface area contributed by atoms with Gasteiger partial charge in [-0.2, -0.15) is 0 Å². The summed E-state index contributed by atoms with van der Waals surface area (Å²) in [6.45, 7) is 0.378. The highest BCUT2D eigenvalue weighted by Crippen LogP contribution is 2.26. The van der Waals surface area contributed by atoms with E-state index in [0.717, 1.165) is 5.56 Å². The number of aromatic hydroxyl groups is 1. The summed E-state index contributed by atoms with van der Waals surface area (Å²) in [5.74, 6) is 0.157. The number of ether oxygens (including phenoxy) is 2. The molecule has 0 unspecified atom stereocenters. The van der Waals surface area contributed by atoms with Crippen LogP contribution in [-0.4, -0.2) is 18.2 Å². The summed E-state index contributed by atoms with van der Waals surface area (Å²) >= 11 is 0.